The quantitative estimate of drug-likeness (QED) is 0.719. The van der Waals surface area contributed by atoms with E-state index in [4.69, 9.17) is 4.74 Å². The number of hydrogen-bond donors (Lipinski definition) is 0. The summed E-state index contributed by atoms with van der Waals surface area (Å²) in [5.41, 5.74) is 0.935. The Balaban J connectivity index is 2.41. The van der Waals surface area contributed by atoms with Gasteiger partial charge in [-0.1, -0.05) is 18.6 Å². The average molecular weight is 222 g/mol. The van der Waals surface area contributed by atoms with Crippen LogP contribution in [0, 0.1) is 12.7 Å². The van der Waals surface area contributed by atoms with Crippen LogP contribution in [0.15, 0.2) is 18.2 Å². The lowest BCUT2D eigenvalue weighted by atomic mass is 9.64. The molecule has 0 unspecified atom stereocenters. The number of esters is 1. The molecule has 0 heterocycles. The molecule has 1 aromatic rings. The maximum atomic E-state index is 13.2. The smallest absolute Gasteiger partial charge is 0.316 e. The summed E-state index contributed by atoms with van der Waals surface area (Å²) in [5.74, 6) is -0.437. The summed E-state index contributed by atoms with van der Waals surface area (Å²) < 4.78 is 18.0. The van der Waals surface area contributed by atoms with E-state index < -0.39 is 5.41 Å². The first-order valence-corrected chi connectivity index (χ1v) is 5.45. The molecule has 1 aromatic carbocycles. The SMILES string of the molecule is COC(=O)C1(c2ccc(F)c(C)c2)CCC1. The lowest BCUT2D eigenvalue weighted by molar-refractivity contribution is -0.151. The highest BCUT2D eigenvalue weighted by atomic mass is 19.1. The number of aryl methyl sites for hydroxylation is 1. The predicted octanol–water partition coefficient (Wildman–Crippen LogP) is 2.73. The van der Waals surface area contributed by atoms with Gasteiger partial charge in [0.2, 0.25) is 0 Å². The molecule has 0 N–H and O–H groups in total. The van der Waals surface area contributed by atoms with Crippen LogP contribution >= 0.6 is 0 Å². The second-order valence-electron chi connectivity index (χ2n) is 4.39. The van der Waals surface area contributed by atoms with Crippen LogP contribution in [-0.4, -0.2) is 13.1 Å². The molecule has 0 spiro atoms. The first-order valence-electron chi connectivity index (χ1n) is 5.45. The van der Waals surface area contributed by atoms with E-state index in [-0.39, 0.29) is 11.8 Å². The Morgan fingerprint density at radius 1 is 1.44 bits per heavy atom. The van der Waals surface area contributed by atoms with Crippen LogP contribution in [0.4, 0.5) is 4.39 Å². The second-order valence-corrected chi connectivity index (χ2v) is 4.39. The fourth-order valence-electron chi connectivity index (χ4n) is 2.28. The van der Waals surface area contributed by atoms with Crippen LogP contribution < -0.4 is 0 Å². The van der Waals surface area contributed by atoms with Crippen LogP contribution in [0.25, 0.3) is 0 Å². The van der Waals surface area contributed by atoms with Crippen LogP contribution in [0.5, 0.6) is 0 Å². The number of carbonyl (C=O) groups is 1. The third-order valence-corrected chi connectivity index (χ3v) is 3.49. The molecule has 0 aromatic heterocycles. The number of methoxy groups -OCH3 is 1. The molecule has 0 saturated heterocycles. The van der Waals surface area contributed by atoms with Gasteiger partial charge in [-0.05, 0) is 37.0 Å². The van der Waals surface area contributed by atoms with Crippen molar-refractivity contribution >= 4 is 5.97 Å². The van der Waals surface area contributed by atoms with Crippen LogP contribution in [0.3, 0.4) is 0 Å². The van der Waals surface area contributed by atoms with Crippen LogP contribution in [0.2, 0.25) is 0 Å². The van der Waals surface area contributed by atoms with Crippen molar-refractivity contribution in [2.45, 2.75) is 31.6 Å². The predicted molar refractivity (Wildman–Crippen MR) is 58.7 cm³/mol. The summed E-state index contributed by atoms with van der Waals surface area (Å²) in [5, 5.41) is 0. The fraction of sp³-hybridized carbons (Fsp3) is 0.462. The van der Waals surface area contributed by atoms with E-state index in [2.05, 4.69) is 0 Å². The van der Waals surface area contributed by atoms with Gasteiger partial charge >= 0.3 is 5.97 Å². The molecule has 1 aliphatic carbocycles. The van der Waals surface area contributed by atoms with Crippen molar-refractivity contribution in [2.75, 3.05) is 7.11 Å². The van der Waals surface area contributed by atoms with Crippen molar-refractivity contribution in [1.29, 1.82) is 0 Å². The summed E-state index contributed by atoms with van der Waals surface area (Å²) in [6, 6.07) is 4.87. The number of ether oxygens (including phenoxy) is 1. The zero-order chi connectivity index (χ0) is 11.8. The van der Waals surface area contributed by atoms with Gasteiger partial charge in [-0.25, -0.2) is 4.39 Å². The van der Waals surface area contributed by atoms with E-state index >= 15 is 0 Å². The van der Waals surface area contributed by atoms with Gasteiger partial charge in [0.25, 0.3) is 0 Å². The van der Waals surface area contributed by atoms with Gasteiger partial charge in [-0.3, -0.25) is 4.79 Å². The van der Waals surface area contributed by atoms with E-state index in [1.165, 1.54) is 13.2 Å². The number of halogens is 1. The van der Waals surface area contributed by atoms with E-state index in [9.17, 15) is 9.18 Å². The highest BCUT2D eigenvalue weighted by molar-refractivity contribution is 5.84. The molecule has 0 atom stereocenters. The minimum absolute atomic E-state index is 0.204. The number of carbonyl (C=O) groups excluding carboxylic acids is 1. The largest absolute Gasteiger partial charge is 0.468 e. The van der Waals surface area contributed by atoms with Gasteiger partial charge in [0.05, 0.1) is 12.5 Å². The molecular formula is C13H15FO2. The lowest BCUT2D eigenvalue weighted by Gasteiger charge is -2.39. The van der Waals surface area contributed by atoms with Crippen molar-refractivity contribution in [2.24, 2.45) is 0 Å². The Hall–Kier alpha value is -1.38. The number of rotatable bonds is 2. The van der Waals surface area contributed by atoms with Gasteiger partial charge < -0.3 is 4.74 Å². The minimum atomic E-state index is -0.521. The summed E-state index contributed by atoms with van der Waals surface area (Å²) in [6.07, 6.45) is 2.61. The maximum Gasteiger partial charge on any atom is 0.316 e. The maximum absolute atomic E-state index is 13.2. The van der Waals surface area contributed by atoms with E-state index in [0.717, 1.165) is 24.8 Å². The number of benzene rings is 1. The summed E-state index contributed by atoms with van der Waals surface area (Å²) in [4.78, 5) is 11.8. The molecule has 2 rings (SSSR count). The Bertz CT molecular complexity index is 422. The Morgan fingerprint density at radius 3 is 2.56 bits per heavy atom. The van der Waals surface area contributed by atoms with Crippen molar-refractivity contribution in [1.82, 2.24) is 0 Å². The fourth-order valence-corrected chi connectivity index (χ4v) is 2.28. The van der Waals surface area contributed by atoms with E-state index in [1.54, 1.807) is 19.1 Å². The highest BCUT2D eigenvalue weighted by Gasteiger charge is 2.46. The van der Waals surface area contributed by atoms with Crippen LogP contribution in [0.1, 0.15) is 30.4 Å². The molecule has 3 heteroatoms. The lowest BCUT2D eigenvalue weighted by Crippen LogP contribution is -2.43. The highest BCUT2D eigenvalue weighted by Crippen LogP contribution is 2.44. The molecule has 1 saturated carbocycles. The molecule has 0 bridgehead atoms. The Kier molecular flexibility index (Phi) is 2.70. The van der Waals surface area contributed by atoms with Crippen molar-refractivity contribution < 1.29 is 13.9 Å². The van der Waals surface area contributed by atoms with Crippen molar-refractivity contribution in [3.05, 3.63) is 35.1 Å². The molecule has 0 aliphatic heterocycles. The third kappa shape index (κ3) is 1.51. The van der Waals surface area contributed by atoms with Crippen molar-refractivity contribution in [3.8, 4) is 0 Å². The van der Waals surface area contributed by atoms with Crippen molar-refractivity contribution in [3.63, 3.8) is 0 Å². The van der Waals surface area contributed by atoms with Gasteiger partial charge in [-0.15, -0.1) is 0 Å². The Labute approximate surface area is 94.4 Å². The number of hydrogen-bond acceptors (Lipinski definition) is 2. The molecule has 1 aliphatic rings. The van der Waals surface area contributed by atoms with Gasteiger partial charge in [0, 0.05) is 0 Å². The van der Waals surface area contributed by atoms with E-state index in [1.807, 2.05) is 0 Å². The van der Waals surface area contributed by atoms with E-state index in [0.29, 0.717) is 5.56 Å². The zero-order valence-electron chi connectivity index (χ0n) is 9.55. The first-order chi connectivity index (χ1) is 7.60. The van der Waals surface area contributed by atoms with Crippen LogP contribution in [-0.2, 0) is 14.9 Å². The standard InChI is InChI=1S/C13H15FO2/c1-9-8-10(4-5-11(9)14)13(6-3-7-13)12(15)16-2/h4-5,8H,3,6-7H2,1-2H3. The topological polar surface area (TPSA) is 26.3 Å². The molecule has 16 heavy (non-hydrogen) atoms. The second kappa shape index (κ2) is 3.89. The molecular weight excluding hydrogens is 207 g/mol. The summed E-state index contributed by atoms with van der Waals surface area (Å²) in [6.45, 7) is 1.71. The monoisotopic (exact) mass is 222 g/mol. The Morgan fingerprint density at radius 2 is 2.12 bits per heavy atom. The first kappa shape index (κ1) is 11.1. The zero-order valence-corrected chi connectivity index (χ0v) is 9.55. The molecule has 0 amide bonds. The average Bonchev–Trinajstić information content (AvgIpc) is 2.21. The van der Waals surface area contributed by atoms with Gasteiger partial charge in [0.1, 0.15) is 5.82 Å². The molecule has 2 nitrogen and oxygen atoms in total. The minimum Gasteiger partial charge on any atom is -0.468 e. The summed E-state index contributed by atoms with van der Waals surface area (Å²) >= 11 is 0. The third-order valence-electron chi connectivity index (χ3n) is 3.49. The van der Waals surface area contributed by atoms with Gasteiger partial charge in [-0.2, -0.15) is 0 Å². The summed E-state index contributed by atoms with van der Waals surface area (Å²) in [7, 11) is 1.40. The molecule has 86 valence electrons. The molecule has 1 fully saturated rings. The van der Waals surface area contributed by atoms with Gasteiger partial charge in [0.15, 0.2) is 0 Å². The molecule has 0 radical (unpaired) electrons. The normalized spacial score (nSPS) is 17.7.